The summed E-state index contributed by atoms with van der Waals surface area (Å²) in [6.45, 7) is 2.15. The lowest BCUT2D eigenvalue weighted by Gasteiger charge is -2.21. The van der Waals surface area contributed by atoms with Crippen LogP contribution in [0.3, 0.4) is 0 Å². The Morgan fingerprint density at radius 1 is 1.55 bits per heavy atom. The molecule has 1 aliphatic rings. The van der Waals surface area contributed by atoms with Crippen LogP contribution < -0.4 is 11.2 Å². The van der Waals surface area contributed by atoms with Crippen LogP contribution in [0.2, 0.25) is 0 Å². The Labute approximate surface area is 117 Å². The number of H-pyrrole nitrogens is 1. The molecule has 2 aromatic rings. The topological polar surface area (TPSA) is 107 Å². The number of hydrogen-bond acceptors (Lipinski definition) is 4. The zero-order valence-corrected chi connectivity index (χ0v) is 11.6. The highest BCUT2D eigenvalue weighted by molar-refractivity contribution is 5.91. The summed E-state index contributed by atoms with van der Waals surface area (Å²) in [5.41, 5.74) is 7.81. The monoisotopic (exact) mass is 272 g/mol. The first kappa shape index (κ1) is 13.1. The van der Waals surface area contributed by atoms with E-state index in [9.17, 15) is 0 Å². The molecule has 20 heavy (non-hydrogen) atoms. The van der Waals surface area contributed by atoms with Crippen molar-refractivity contribution in [3.63, 3.8) is 0 Å². The van der Waals surface area contributed by atoms with Gasteiger partial charge in [0, 0.05) is 18.2 Å². The van der Waals surface area contributed by atoms with Crippen molar-refractivity contribution in [2.75, 3.05) is 0 Å². The van der Waals surface area contributed by atoms with E-state index in [-0.39, 0.29) is 17.4 Å². The molecular formula is C14H20N6. The molecule has 2 aromatic heterocycles. The van der Waals surface area contributed by atoms with Gasteiger partial charge in [0.15, 0.2) is 5.65 Å². The molecule has 0 aliphatic heterocycles. The van der Waals surface area contributed by atoms with E-state index in [0.717, 1.165) is 24.8 Å². The highest BCUT2D eigenvalue weighted by Crippen LogP contribution is 2.34. The molecule has 6 nitrogen and oxygen atoms in total. The Balaban J connectivity index is 2.06. The number of rotatable bonds is 2. The summed E-state index contributed by atoms with van der Waals surface area (Å²) >= 11 is 0. The number of hydrogen-bond donors (Lipinski definition) is 4. The predicted octanol–water partition coefficient (Wildman–Crippen LogP) is 1.43. The lowest BCUT2D eigenvalue weighted by molar-refractivity contribution is 0.455. The van der Waals surface area contributed by atoms with E-state index in [2.05, 4.69) is 16.9 Å². The fourth-order valence-electron chi connectivity index (χ4n) is 3.33. The number of aromatic nitrogens is 3. The number of fused-ring (bicyclic) bond motifs is 1. The molecule has 0 spiro atoms. The molecular weight excluding hydrogens is 252 g/mol. The Morgan fingerprint density at radius 2 is 2.35 bits per heavy atom. The molecule has 2 heterocycles. The van der Waals surface area contributed by atoms with Gasteiger partial charge >= 0.3 is 0 Å². The molecule has 3 atom stereocenters. The largest absolute Gasteiger partial charge is 0.345 e. The van der Waals surface area contributed by atoms with Crippen LogP contribution >= 0.6 is 0 Å². The quantitative estimate of drug-likeness (QED) is 0.490. The van der Waals surface area contributed by atoms with Crippen molar-refractivity contribution in [2.45, 2.75) is 32.2 Å². The first-order valence-corrected chi connectivity index (χ1v) is 7.06. The minimum Gasteiger partial charge on any atom is -0.345 e. The highest BCUT2D eigenvalue weighted by atomic mass is 15.1. The molecule has 5 N–H and O–H groups in total. The summed E-state index contributed by atoms with van der Waals surface area (Å²) in [5, 5.41) is 16.6. The van der Waals surface area contributed by atoms with Gasteiger partial charge < -0.3 is 10.7 Å². The minimum absolute atomic E-state index is 0.129. The van der Waals surface area contributed by atoms with Crippen LogP contribution in [0.5, 0.6) is 0 Å². The Bertz CT molecular complexity index is 697. The summed E-state index contributed by atoms with van der Waals surface area (Å²) in [7, 11) is 0. The second kappa shape index (κ2) is 4.86. The molecule has 1 aliphatic carbocycles. The van der Waals surface area contributed by atoms with Crippen LogP contribution in [0.25, 0.3) is 11.2 Å². The fourth-order valence-corrected chi connectivity index (χ4v) is 3.33. The summed E-state index contributed by atoms with van der Waals surface area (Å²) in [6, 6.07) is 2.04. The molecule has 3 rings (SSSR count). The average Bonchev–Trinajstić information content (AvgIpc) is 3.03. The van der Waals surface area contributed by atoms with Crippen molar-refractivity contribution < 1.29 is 0 Å². The predicted molar refractivity (Wildman–Crippen MR) is 77.5 cm³/mol. The van der Waals surface area contributed by atoms with Gasteiger partial charge in [-0.2, -0.15) is 0 Å². The summed E-state index contributed by atoms with van der Waals surface area (Å²) in [4.78, 5) is 7.21. The second-order valence-corrected chi connectivity index (χ2v) is 5.58. The standard InChI is InChI=1S/C14H20N6/c1-2-8-5-9(15)6-10(8)13(17)20-11-3-4-18-14(11)19-7-12(20)16/h3-4,7-10,16-18H,2,5-6,15H2,1H3. The van der Waals surface area contributed by atoms with E-state index in [1.165, 1.54) is 6.20 Å². The molecule has 106 valence electrons. The highest BCUT2D eigenvalue weighted by Gasteiger charge is 2.35. The summed E-state index contributed by atoms with van der Waals surface area (Å²) < 4.78 is 1.68. The third kappa shape index (κ3) is 1.96. The van der Waals surface area contributed by atoms with Gasteiger partial charge in [0.05, 0.1) is 11.7 Å². The van der Waals surface area contributed by atoms with E-state index < -0.39 is 0 Å². The number of nitrogens with one attached hydrogen (secondary N) is 3. The summed E-state index contributed by atoms with van der Waals surface area (Å²) in [5.74, 6) is 1.04. The SMILES string of the molecule is CCC1CC(N)CC1C(=N)n1c(=N)cnc2[nH]ccc21. The molecule has 0 amide bonds. The van der Waals surface area contributed by atoms with E-state index >= 15 is 0 Å². The van der Waals surface area contributed by atoms with Gasteiger partial charge in [-0.15, -0.1) is 0 Å². The number of aromatic amines is 1. The number of nitrogens with two attached hydrogens (primary N) is 1. The lowest BCUT2D eigenvalue weighted by atomic mass is 9.92. The van der Waals surface area contributed by atoms with Crippen LogP contribution in [0.4, 0.5) is 0 Å². The average molecular weight is 272 g/mol. The van der Waals surface area contributed by atoms with Crippen LogP contribution in [-0.2, 0) is 0 Å². The van der Waals surface area contributed by atoms with E-state index in [4.69, 9.17) is 16.6 Å². The fraction of sp³-hybridized carbons (Fsp3) is 0.500. The van der Waals surface area contributed by atoms with E-state index in [0.29, 0.717) is 17.4 Å². The molecule has 0 radical (unpaired) electrons. The van der Waals surface area contributed by atoms with Gasteiger partial charge in [-0.25, -0.2) is 4.98 Å². The maximum Gasteiger partial charge on any atom is 0.154 e. The molecule has 1 saturated carbocycles. The molecule has 0 aromatic carbocycles. The molecule has 0 saturated heterocycles. The van der Waals surface area contributed by atoms with Gasteiger partial charge in [-0.3, -0.25) is 15.4 Å². The van der Waals surface area contributed by atoms with Crippen molar-refractivity contribution in [2.24, 2.45) is 17.6 Å². The van der Waals surface area contributed by atoms with Gasteiger partial charge in [-0.05, 0) is 24.8 Å². The third-order valence-corrected chi connectivity index (χ3v) is 4.35. The van der Waals surface area contributed by atoms with Crippen LogP contribution in [0.1, 0.15) is 26.2 Å². The van der Waals surface area contributed by atoms with Crippen molar-refractivity contribution in [3.8, 4) is 0 Å². The van der Waals surface area contributed by atoms with Gasteiger partial charge in [0.1, 0.15) is 11.3 Å². The zero-order chi connectivity index (χ0) is 14.3. The van der Waals surface area contributed by atoms with Crippen LogP contribution in [0, 0.1) is 22.7 Å². The minimum atomic E-state index is 0.129. The first-order chi connectivity index (χ1) is 9.61. The van der Waals surface area contributed by atoms with E-state index in [1.54, 1.807) is 10.8 Å². The lowest BCUT2D eigenvalue weighted by Crippen LogP contribution is -2.34. The van der Waals surface area contributed by atoms with Crippen molar-refractivity contribution in [1.29, 1.82) is 10.8 Å². The van der Waals surface area contributed by atoms with Crippen molar-refractivity contribution in [1.82, 2.24) is 14.5 Å². The van der Waals surface area contributed by atoms with Gasteiger partial charge in [0.25, 0.3) is 0 Å². The maximum absolute atomic E-state index is 8.56. The van der Waals surface area contributed by atoms with Crippen molar-refractivity contribution >= 4 is 17.0 Å². The summed E-state index contributed by atoms with van der Waals surface area (Å²) in [6.07, 6.45) is 6.11. The maximum atomic E-state index is 8.56. The van der Waals surface area contributed by atoms with Gasteiger partial charge in [-0.1, -0.05) is 13.3 Å². The van der Waals surface area contributed by atoms with Crippen LogP contribution in [0.15, 0.2) is 18.5 Å². The van der Waals surface area contributed by atoms with Crippen molar-refractivity contribution in [3.05, 3.63) is 23.9 Å². The molecule has 6 heteroatoms. The Kier molecular flexibility index (Phi) is 3.17. The Hall–Kier alpha value is -1.95. The molecule has 0 bridgehead atoms. The van der Waals surface area contributed by atoms with Gasteiger partial charge in [0.2, 0.25) is 0 Å². The van der Waals surface area contributed by atoms with E-state index in [1.807, 2.05) is 6.07 Å². The first-order valence-electron chi connectivity index (χ1n) is 7.06. The zero-order valence-electron chi connectivity index (χ0n) is 11.6. The second-order valence-electron chi connectivity index (χ2n) is 5.58. The normalized spacial score (nSPS) is 26.2. The smallest absolute Gasteiger partial charge is 0.154 e. The Morgan fingerprint density at radius 3 is 3.10 bits per heavy atom. The van der Waals surface area contributed by atoms with Crippen LogP contribution in [-0.4, -0.2) is 26.4 Å². The third-order valence-electron chi connectivity index (χ3n) is 4.35. The molecule has 3 unspecified atom stereocenters. The molecule has 1 fully saturated rings. The number of nitrogens with zero attached hydrogens (tertiary/aromatic N) is 2.